The van der Waals surface area contributed by atoms with Gasteiger partial charge in [-0.05, 0) is 17.7 Å². The van der Waals surface area contributed by atoms with Crippen molar-refractivity contribution in [3.63, 3.8) is 0 Å². The molecular weight excluding hydrogens is 336 g/mol. The zero-order valence-corrected chi connectivity index (χ0v) is 14.1. The fourth-order valence-corrected chi connectivity index (χ4v) is 2.64. The minimum Gasteiger partial charge on any atom is -0.370 e. The first-order valence-electron chi connectivity index (χ1n) is 6.62. The first-order valence-corrected chi connectivity index (χ1v) is 8.29. The van der Waals surface area contributed by atoms with Crippen LogP contribution in [0.25, 0.3) is 0 Å². The third-order valence-corrected chi connectivity index (χ3v) is 4.12. The molecule has 0 fully saturated rings. The van der Waals surface area contributed by atoms with Crippen molar-refractivity contribution < 1.29 is 4.74 Å². The van der Waals surface area contributed by atoms with E-state index in [1.165, 1.54) is 5.56 Å². The van der Waals surface area contributed by atoms with Gasteiger partial charge in [-0.1, -0.05) is 41.9 Å². The Kier molecular flexibility index (Phi) is 6.16. The second kappa shape index (κ2) is 7.88. The lowest BCUT2D eigenvalue weighted by molar-refractivity contribution is 0.105. The number of halogens is 1. The van der Waals surface area contributed by atoms with Gasteiger partial charge in [0.1, 0.15) is 5.01 Å². The number of hydrogen-bond acceptors (Lipinski definition) is 4. The third kappa shape index (κ3) is 5.32. The van der Waals surface area contributed by atoms with Gasteiger partial charge in [-0.15, -0.1) is 11.3 Å². The molecule has 2 rings (SSSR count). The molecule has 0 atom stereocenters. The molecule has 0 aliphatic rings. The molecule has 1 aromatic heterocycles. The Morgan fingerprint density at radius 2 is 2.00 bits per heavy atom. The summed E-state index contributed by atoms with van der Waals surface area (Å²) in [5.41, 5.74) is 2.18. The van der Waals surface area contributed by atoms with Gasteiger partial charge in [-0.3, -0.25) is 0 Å². The predicted molar refractivity (Wildman–Crippen MR) is 86.7 cm³/mol. The smallest absolute Gasteiger partial charge is 0.107 e. The SMILES string of the molecule is CC(C)NCc1nc(COCc2ccc(Br)cc2)cs1. The lowest BCUT2D eigenvalue weighted by Gasteiger charge is -2.05. The van der Waals surface area contributed by atoms with E-state index in [1.807, 2.05) is 12.1 Å². The molecule has 0 amide bonds. The van der Waals surface area contributed by atoms with E-state index >= 15 is 0 Å². The molecule has 108 valence electrons. The highest BCUT2D eigenvalue weighted by molar-refractivity contribution is 9.10. The second-order valence-electron chi connectivity index (χ2n) is 4.89. The van der Waals surface area contributed by atoms with Gasteiger partial charge in [-0.2, -0.15) is 0 Å². The summed E-state index contributed by atoms with van der Waals surface area (Å²) in [4.78, 5) is 4.55. The quantitative estimate of drug-likeness (QED) is 0.811. The summed E-state index contributed by atoms with van der Waals surface area (Å²) in [5, 5.41) is 6.55. The number of benzene rings is 1. The van der Waals surface area contributed by atoms with E-state index in [0.717, 1.165) is 21.7 Å². The van der Waals surface area contributed by atoms with Crippen molar-refractivity contribution in [1.82, 2.24) is 10.3 Å². The highest BCUT2D eigenvalue weighted by Crippen LogP contribution is 2.14. The number of ether oxygens (including phenoxy) is 1. The predicted octanol–water partition coefficient (Wildman–Crippen LogP) is 4.12. The van der Waals surface area contributed by atoms with Crippen molar-refractivity contribution in [1.29, 1.82) is 0 Å². The van der Waals surface area contributed by atoms with Crippen LogP contribution in [-0.4, -0.2) is 11.0 Å². The number of nitrogens with one attached hydrogen (secondary N) is 1. The highest BCUT2D eigenvalue weighted by Gasteiger charge is 2.03. The summed E-state index contributed by atoms with van der Waals surface area (Å²) in [6.45, 7) is 6.28. The maximum atomic E-state index is 5.69. The fraction of sp³-hybridized carbons (Fsp3) is 0.400. The van der Waals surface area contributed by atoms with Crippen molar-refractivity contribution >= 4 is 27.3 Å². The molecule has 0 spiro atoms. The zero-order valence-electron chi connectivity index (χ0n) is 11.7. The Morgan fingerprint density at radius 3 is 2.70 bits per heavy atom. The number of hydrogen-bond donors (Lipinski definition) is 1. The van der Waals surface area contributed by atoms with Crippen LogP contribution in [-0.2, 0) is 24.5 Å². The number of aromatic nitrogens is 1. The van der Waals surface area contributed by atoms with E-state index in [-0.39, 0.29) is 0 Å². The van der Waals surface area contributed by atoms with Gasteiger partial charge in [-0.25, -0.2) is 4.98 Å². The van der Waals surface area contributed by atoms with Gasteiger partial charge in [0, 0.05) is 22.4 Å². The van der Waals surface area contributed by atoms with E-state index < -0.39 is 0 Å². The normalized spacial score (nSPS) is 11.2. The van der Waals surface area contributed by atoms with Crippen LogP contribution in [0.3, 0.4) is 0 Å². The number of thiazole rings is 1. The van der Waals surface area contributed by atoms with Gasteiger partial charge in [0.2, 0.25) is 0 Å². The molecule has 0 aliphatic carbocycles. The van der Waals surface area contributed by atoms with E-state index in [0.29, 0.717) is 19.3 Å². The molecule has 1 N–H and O–H groups in total. The summed E-state index contributed by atoms with van der Waals surface area (Å²) < 4.78 is 6.78. The first-order chi connectivity index (χ1) is 9.63. The molecule has 0 saturated carbocycles. The van der Waals surface area contributed by atoms with Crippen molar-refractivity contribution in [2.75, 3.05) is 0 Å². The molecule has 2 aromatic rings. The van der Waals surface area contributed by atoms with E-state index in [9.17, 15) is 0 Å². The number of rotatable bonds is 7. The highest BCUT2D eigenvalue weighted by atomic mass is 79.9. The largest absolute Gasteiger partial charge is 0.370 e. The monoisotopic (exact) mass is 354 g/mol. The van der Waals surface area contributed by atoms with E-state index in [1.54, 1.807) is 11.3 Å². The number of nitrogens with zero attached hydrogens (tertiary/aromatic N) is 1. The maximum Gasteiger partial charge on any atom is 0.107 e. The molecule has 0 radical (unpaired) electrons. The van der Waals surface area contributed by atoms with Crippen molar-refractivity contribution in [3.05, 3.63) is 50.4 Å². The topological polar surface area (TPSA) is 34.2 Å². The molecule has 0 aliphatic heterocycles. The molecule has 1 aromatic carbocycles. The molecule has 1 heterocycles. The van der Waals surface area contributed by atoms with Crippen molar-refractivity contribution in [3.8, 4) is 0 Å². The van der Waals surface area contributed by atoms with Gasteiger partial charge >= 0.3 is 0 Å². The van der Waals surface area contributed by atoms with E-state index in [4.69, 9.17) is 4.74 Å². The van der Waals surface area contributed by atoms with Gasteiger partial charge < -0.3 is 10.1 Å². The average Bonchev–Trinajstić information content (AvgIpc) is 2.87. The van der Waals surface area contributed by atoms with Crippen LogP contribution in [0.2, 0.25) is 0 Å². The van der Waals surface area contributed by atoms with Crippen molar-refractivity contribution in [2.24, 2.45) is 0 Å². The Labute approximate surface area is 132 Å². The lowest BCUT2D eigenvalue weighted by atomic mass is 10.2. The maximum absolute atomic E-state index is 5.69. The van der Waals surface area contributed by atoms with Crippen LogP contribution in [0.15, 0.2) is 34.1 Å². The summed E-state index contributed by atoms with van der Waals surface area (Å²) in [6, 6.07) is 8.65. The molecule has 3 nitrogen and oxygen atoms in total. The van der Waals surface area contributed by atoms with Crippen LogP contribution in [0.1, 0.15) is 30.1 Å². The average molecular weight is 355 g/mol. The molecular formula is C15H19BrN2OS. The molecule has 0 unspecified atom stereocenters. The first kappa shape index (κ1) is 15.6. The van der Waals surface area contributed by atoms with Crippen LogP contribution in [0.4, 0.5) is 0 Å². The minimum atomic E-state index is 0.482. The van der Waals surface area contributed by atoms with Crippen LogP contribution in [0.5, 0.6) is 0 Å². The Bertz CT molecular complexity index is 525. The van der Waals surface area contributed by atoms with Crippen molar-refractivity contribution in [2.45, 2.75) is 39.6 Å². The standard InChI is InChI=1S/C15H19BrN2OS/c1-11(2)17-7-15-18-14(10-20-15)9-19-8-12-3-5-13(16)6-4-12/h3-6,10-11,17H,7-9H2,1-2H3. The summed E-state index contributed by atoms with van der Waals surface area (Å²) in [7, 11) is 0. The van der Waals surface area contributed by atoms with Crippen LogP contribution < -0.4 is 5.32 Å². The lowest BCUT2D eigenvalue weighted by Crippen LogP contribution is -2.21. The Morgan fingerprint density at radius 1 is 1.25 bits per heavy atom. The summed E-state index contributed by atoms with van der Waals surface area (Å²) in [6.07, 6.45) is 0. The molecule has 20 heavy (non-hydrogen) atoms. The van der Waals surface area contributed by atoms with E-state index in [2.05, 4.69) is 57.6 Å². The third-order valence-electron chi connectivity index (χ3n) is 2.69. The van der Waals surface area contributed by atoms with Gasteiger partial charge in [0.05, 0.1) is 18.9 Å². The van der Waals surface area contributed by atoms with Crippen LogP contribution in [0, 0.1) is 0 Å². The van der Waals surface area contributed by atoms with Crippen LogP contribution >= 0.6 is 27.3 Å². The molecule has 0 bridgehead atoms. The minimum absolute atomic E-state index is 0.482. The molecule has 5 heteroatoms. The Balaban J connectivity index is 1.75. The Hall–Kier alpha value is -0.750. The molecule has 0 saturated heterocycles. The van der Waals surface area contributed by atoms with Gasteiger partial charge in [0.15, 0.2) is 0 Å². The summed E-state index contributed by atoms with van der Waals surface area (Å²) >= 11 is 5.10. The zero-order chi connectivity index (χ0) is 14.4. The second-order valence-corrected chi connectivity index (χ2v) is 6.75. The fourth-order valence-electron chi connectivity index (χ4n) is 1.64. The summed E-state index contributed by atoms with van der Waals surface area (Å²) in [5.74, 6) is 0. The van der Waals surface area contributed by atoms with Gasteiger partial charge in [0.25, 0.3) is 0 Å².